The number of nitrogens with zero attached hydrogens (tertiary/aromatic N) is 5. The number of hydrogen-bond donors (Lipinski definition) is 1. The summed E-state index contributed by atoms with van der Waals surface area (Å²) >= 11 is 5.82. The number of carbonyl (C=O) groups excluding carboxylic acids is 1. The molecule has 0 aliphatic carbocycles. The molecule has 1 amide bonds. The number of carboxylic acid groups (broad SMARTS) is 1. The highest BCUT2D eigenvalue weighted by Crippen LogP contribution is 2.17. The first kappa shape index (κ1) is 16.9. The van der Waals surface area contributed by atoms with Crippen LogP contribution < -0.4 is 0 Å². The van der Waals surface area contributed by atoms with Gasteiger partial charge in [0.25, 0.3) is 0 Å². The molecule has 2 rings (SSSR count). The van der Waals surface area contributed by atoms with Crippen LogP contribution in [0.25, 0.3) is 11.4 Å². The van der Waals surface area contributed by atoms with Crippen molar-refractivity contribution in [2.75, 3.05) is 7.05 Å². The zero-order valence-corrected chi connectivity index (χ0v) is 13.7. The van der Waals surface area contributed by atoms with Crippen molar-refractivity contribution in [1.29, 1.82) is 0 Å². The largest absolute Gasteiger partial charge is 0.480 e. The Bertz CT molecular complexity index is 726. The number of carbonyl (C=O) groups is 2. The Morgan fingerprint density at radius 1 is 1.30 bits per heavy atom. The van der Waals surface area contributed by atoms with Crippen LogP contribution in [-0.2, 0) is 16.1 Å². The summed E-state index contributed by atoms with van der Waals surface area (Å²) in [5, 5.41) is 21.5. The summed E-state index contributed by atoms with van der Waals surface area (Å²) < 4.78 is 0. The number of aliphatic carboxylic acids is 1. The van der Waals surface area contributed by atoms with Crippen LogP contribution in [0.5, 0.6) is 0 Å². The van der Waals surface area contributed by atoms with Gasteiger partial charge in [-0.2, -0.15) is 4.80 Å². The van der Waals surface area contributed by atoms with Crippen molar-refractivity contribution in [2.24, 2.45) is 0 Å². The first-order valence-electron chi connectivity index (χ1n) is 6.75. The molecule has 0 unspecified atom stereocenters. The molecule has 1 N–H and O–H groups in total. The van der Waals surface area contributed by atoms with Crippen LogP contribution in [0.1, 0.15) is 13.8 Å². The molecule has 0 aliphatic rings. The van der Waals surface area contributed by atoms with Gasteiger partial charge >= 0.3 is 5.97 Å². The highest BCUT2D eigenvalue weighted by Gasteiger charge is 2.35. The zero-order chi connectivity index (χ0) is 17.2. The van der Waals surface area contributed by atoms with E-state index in [1.807, 2.05) is 0 Å². The van der Waals surface area contributed by atoms with Gasteiger partial charge in [-0.3, -0.25) is 4.79 Å². The molecule has 2 aromatic rings. The van der Waals surface area contributed by atoms with E-state index in [-0.39, 0.29) is 6.54 Å². The van der Waals surface area contributed by atoms with Crippen molar-refractivity contribution in [3.8, 4) is 11.4 Å². The number of hydrogen-bond acceptors (Lipinski definition) is 5. The van der Waals surface area contributed by atoms with E-state index >= 15 is 0 Å². The molecule has 1 aromatic carbocycles. The second-order valence-corrected chi connectivity index (χ2v) is 5.90. The Morgan fingerprint density at radius 3 is 2.48 bits per heavy atom. The van der Waals surface area contributed by atoms with E-state index in [2.05, 4.69) is 15.4 Å². The molecule has 122 valence electrons. The maximum absolute atomic E-state index is 12.2. The second kappa shape index (κ2) is 6.33. The lowest BCUT2D eigenvalue weighted by Gasteiger charge is -2.31. The molecule has 1 aromatic heterocycles. The van der Waals surface area contributed by atoms with E-state index in [0.29, 0.717) is 16.4 Å². The summed E-state index contributed by atoms with van der Waals surface area (Å²) in [6.45, 7) is 2.69. The molecule has 0 aliphatic heterocycles. The van der Waals surface area contributed by atoms with Gasteiger partial charge in [-0.25, -0.2) is 4.79 Å². The van der Waals surface area contributed by atoms with Crippen LogP contribution in [0.2, 0.25) is 5.02 Å². The van der Waals surface area contributed by atoms with E-state index < -0.39 is 17.4 Å². The number of rotatable bonds is 5. The fourth-order valence-electron chi connectivity index (χ4n) is 1.71. The average molecular weight is 338 g/mol. The lowest BCUT2D eigenvalue weighted by molar-refractivity contribution is -0.155. The van der Waals surface area contributed by atoms with Crippen LogP contribution in [-0.4, -0.2) is 54.7 Å². The highest BCUT2D eigenvalue weighted by molar-refractivity contribution is 6.30. The second-order valence-electron chi connectivity index (χ2n) is 5.47. The molecule has 9 heteroatoms. The predicted molar refractivity (Wildman–Crippen MR) is 82.7 cm³/mol. The van der Waals surface area contributed by atoms with Crippen molar-refractivity contribution in [3.63, 3.8) is 0 Å². The lowest BCUT2D eigenvalue weighted by Crippen LogP contribution is -2.51. The van der Waals surface area contributed by atoms with Crippen LogP contribution in [0.15, 0.2) is 24.3 Å². The quantitative estimate of drug-likeness (QED) is 0.882. The van der Waals surface area contributed by atoms with Gasteiger partial charge in [-0.15, -0.1) is 10.2 Å². The number of carboxylic acids is 1. The lowest BCUT2D eigenvalue weighted by atomic mass is 10.0. The number of likely N-dealkylation sites (N-methyl/N-ethyl adjacent to an activating group) is 1. The van der Waals surface area contributed by atoms with Gasteiger partial charge in [0.15, 0.2) is 0 Å². The average Bonchev–Trinajstić information content (AvgIpc) is 2.95. The molecule has 0 spiro atoms. The summed E-state index contributed by atoms with van der Waals surface area (Å²) in [6, 6.07) is 6.88. The van der Waals surface area contributed by atoms with Crippen LogP contribution in [0, 0.1) is 0 Å². The number of halogens is 1. The molecule has 23 heavy (non-hydrogen) atoms. The minimum Gasteiger partial charge on any atom is -0.480 e. The Hall–Kier alpha value is -2.48. The fraction of sp³-hybridized carbons (Fsp3) is 0.357. The molecule has 1 heterocycles. The van der Waals surface area contributed by atoms with Gasteiger partial charge < -0.3 is 10.0 Å². The van der Waals surface area contributed by atoms with Crippen molar-refractivity contribution >= 4 is 23.5 Å². The number of aromatic nitrogens is 4. The Labute approximate surface area is 137 Å². The third-order valence-electron chi connectivity index (χ3n) is 3.57. The van der Waals surface area contributed by atoms with Gasteiger partial charge in [-0.1, -0.05) is 11.6 Å². The minimum atomic E-state index is -1.32. The summed E-state index contributed by atoms with van der Waals surface area (Å²) in [6.07, 6.45) is 0. The van der Waals surface area contributed by atoms with E-state index in [4.69, 9.17) is 16.7 Å². The van der Waals surface area contributed by atoms with Gasteiger partial charge in [-0.05, 0) is 43.3 Å². The molecule has 0 radical (unpaired) electrons. The summed E-state index contributed by atoms with van der Waals surface area (Å²) in [5.41, 5.74) is -0.608. The van der Waals surface area contributed by atoms with Gasteiger partial charge in [0.05, 0.1) is 0 Å². The third kappa shape index (κ3) is 3.65. The molecule has 0 atom stereocenters. The maximum atomic E-state index is 12.2. The van der Waals surface area contributed by atoms with E-state index in [1.54, 1.807) is 24.3 Å². The topological polar surface area (TPSA) is 101 Å². The van der Waals surface area contributed by atoms with Crippen LogP contribution in [0.3, 0.4) is 0 Å². The van der Waals surface area contributed by atoms with Gasteiger partial charge in [0, 0.05) is 17.6 Å². The van der Waals surface area contributed by atoms with E-state index in [0.717, 1.165) is 9.70 Å². The van der Waals surface area contributed by atoms with Crippen LogP contribution >= 0.6 is 11.6 Å². The molecule has 0 saturated carbocycles. The molecule has 0 fully saturated rings. The summed E-state index contributed by atoms with van der Waals surface area (Å²) in [7, 11) is 1.42. The first-order chi connectivity index (χ1) is 10.7. The summed E-state index contributed by atoms with van der Waals surface area (Å²) in [5.74, 6) is -1.17. The van der Waals surface area contributed by atoms with Crippen LogP contribution in [0.4, 0.5) is 0 Å². The Morgan fingerprint density at radius 2 is 1.91 bits per heavy atom. The van der Waals surface area contributed by atoms with Crippen molar-refractivity contribution in [1.82, 2.24) is 25.1 Å². The molecule has 0 saturated heterocycles. The number of benzene rings is 1. The molecular weight excluding hydrogens is 322 g/mol. The Balaban J connectivity index is 2.11. The van der Waals surface area contributed by atoms with Crippen molar-refractivity contribution < 1.29 is 14.7 Å². The maximum Gasteiger partial charge on any atom is 0.329 e. The highest BCUT2D eigenvalue weighted by atomic mass is 35.5. The van der Waals surface area contributed by atoms with Gasteiger partial charge in [0.2, 0.25) is 11.7 Å². The minimum absolute atomic E-state index is 0.201. The SMILES string of the molecule is CN(C(=O)Cn1nnc(-c2ccc(Cl)cc2)n1)C(C)(C)C(=O)O. The summed E-state index contributed by atoms with van der Waals surface area (Å²) in [4.78, 5) is 25.6. The monoisotopic (exact) mass is 337 g/mol. The predicted octanol–water partition coefficient (Wildman–Crippen LogP) is 1.32. The van der Waals surface area contributed by atoms with E-state index in [1.165, 1.54) is 20.9 Å². The molecular formula is C14H16ClN5O3. The zero-order valence-electron chi connectivity index (χ0n) is 12.9. The van der Waals surface area contributed by atoms with Gasteiger partial charge in [0.1, 0.15) is 12.1 Å². The van der Waals surface area contributed by atoms with E-state index in [9.17, 15) is 9.59 Å². The first-order valence-corrected chi connectivity index (χ1v) is 7.13. The number of amides is 1. The molecule has 8 nitrogen and oxygen atoms in total. The standard InChI is InChI=1S/C14H16ClN5O3/c1-14(2,13(22)23)19(3)11(21)8-20-17-12(16-18-20)9-4-6-10(15)7-5-9/h4-7H,8H2,1-3H3,(H,22,23). The smallest absolute Gasteiger partial charge is 0.329 e. The third-order valence-corrected chi connectivity index (χ3v) is 3.82. The normalized spacial score (nSPS) is 11.3. The molecule has 0 bridgehead atoms. The fourth-order valence-corrected chi connectivity index (χ4v) is 1.83. The van der Waals surface area contributed by atoms with Crippen molar-refractivity contribution in [2.45, 2.75) is 25.9 Å². The number of tetrazole rings is 1. The van der Waals surface area contributed by atoms with Crippen molar-refractivity contribution in [3.05, 3.63) is 29.3 Å². The Kier molecular flexibility index (Phi) is 4.65.